The van der Waals surface area contributed by atoms with Crippen LogP contribution in [0.2, 0.25) is 0 Å². The number of carbonyl (C=O) groups is 2. The van der Waals surface area contributed by atoms with Crippen molar-refractivity contribution >= 4 is 23.6 Å². The molecule has 1 unspecified atom stereocenters. The average molecular weight is 359 g/mol. The molecule has 0 spiro atoms. The van der Waals surface area contributed by atoms with Gasteiger partial charge in [0.25, 0.3) is 0 Å². The predicted octanol–water partition coefficient (Wildman–Crippen LogP) is 2.30. The second-order valence-electron chi connectivity index (χ2n) is 6.31. The Morgan fingerprint density at radius 2 is 2.08 bits per heavy atom. The summed E-state index contributed by atoms with van der Waals surface area (Å²) in [6.45, 7) is 1.55. The van der Waals surface area contributed by atoms with E-state index in [4.69, 9.17) is 5.11 Å². The molecule has 1 amide bonds. The van der Waals surface area contributed by atoms with E-state index in [-0.39, 0.29) is 5.91 Å². The van der Waals surface area contributed by atoms with Crippen LogP contribution < -0.4 is 0 Å². The van der Waals surface area contributed by atoms with Crippen molar-refractivity contribution in [3.8, 4) is 0 Å². The lowest BCUT2D eigenvalue weighted by Gasteiger charge is -2.16. The van der Waals surface area contributed by atoms with Gasteiger partial charge in [0.1, 0.15) is 0 Å². The Bertz CT molecular complexity index is 757. The summed E-state index contributed by atoms with van der Waals surface area (Å²) in [5.74, 6) is 0.0779. The standard InChI is InChI=1S/C18H21N3O3S/c1-20-9-7-19-18(20)25-12-16(22)21-8-6-14(11-21)10-13-2-4-15(5-3-13)17(23)24/h2-5,7,9,14H,6,8,10-12H2,1H3,(H,23,24). The highest BCUT2D eigenvalue weighted by Gasteiger charge is 2.26. The van der Waals surface area contributed by atoms with Crippen molar-refractivity contribution in [2.45, 2.75) is 18.0 Å². The number of benzene rings is 1. The minimum absolute atomic E-state index is 0.150. The number of nitrogens with zero attached hydrogens (tertiary/aromatic N) is 3. The van der Waals surface area contributed by atoms with Crippen LogP contribution >= 0.6 is 11.8 Å². The summed E-state index contributed by atoms with van der Waals surface area (Å²) in [7, 11) is 1.92. The molecule has 3 rings (SSSR count). The van der Waals surface area contributed by atoms with Crippen molar-refractivity contribution in [2.24, 2.45) is 13.0 Å². The van der Waals surface area contributed by atoms with Gasteiger partial charge in [-0.25, -0.2) is 9.78 Å². The number of hydrogen-bond donors (Lipinski definition) is 1. The van der Waals surface area contributed by atoms with Gasteiger partial charge in [-0.1, -0.05) is 23.9 Å². The van der Waals surface area contributed by atoms with E-state index < -0.39 is 5.97 Å². The lowest BCUT2D eigenvalue weighted by molar-refractivity contribution is -0.127. The monoisotopic (exact) mass is 359 g/mol. The van der Waals surface area contributed by atoms with Crippen LogP contribution in [0.5, 0.6) is 0 Å². The Kier molecular flexibility index (Phi) is 5.43. The maximum absolute atomic E-state index is 12.4. The second kappa shape index (κ2) is 7.74. The summed E-state index contributed by atoms with van der Waals surface area (Å²) in [6, 6.07) is 7.01. The summed E-state index contributed by atoms with van der Waals surface area (Å²) in [5.41, 5.74) is 1.42. The number of imidazole rings is 1. The molecule has 0 bridgehead atoms. The summed E-state index contributed by atoms with van der Waals surface area (Å²) in [5, 5.41) is 9.79. The van der Waals surface area contributed by atoms with Crippen molar-refractivity contribution in [1.29, 1.82) is 0 Å². The number of aromatic carboxylic acids is 1. The number of thioether (sulfide) groups is 1. The number of carboxylic acid groups (broad SMARTS) is 1. The molecule has 1 aromatic carbocycles. The molecule has 1 aliphatic heterocycles. The van der Waals surface area contributed by atoms with Crippen LogP contribution in [0.15, 0.2) is 41.8 Å². The van der Waals surface area contributed by atoms with Gasteiger partial charge in [0.2, 0.25) is 5.91 Å². The minimum atomic E-state index is -0.908. The molecule has 25 heavy (non-hydrogen) atoms. The van der Waals surface area contributed by atoms with E-state index in [1.165, 1.54) is 11.8 Å². The van der Waals surface area contributed by atoms with E-state index in [1.54, 1.807) is 18.3 Å². The van der Waals surface area contributed by atoms with Crippen LogP contribution in [0.1, 0.15) is 22.3 Å². The maximum atomic E-state index is 12.4. The average Bonchev–Trinajstić information content (AvgIpc) is 3.22. The second-order valence-corrected chi connectivity index (χ2v) is 7.25. The van der Waals surface area contributed by atoms with Gasteiger partial charge in [0.05, 0.1) is 11.3 Å². The zero-order valence-electron chi connectivity index (χ0n) is 14.1. The van der Waals surface area contributed by atoms with Gasteiger partial charge in [-0.2, -0.15) is 0 Å². The molecule has 132 valence electrons. The summed E-state index contributed by atoms with van der Waals surface area (Å²) in [6.07, 6.45) is 5.46. The van der Waals surface area contributed by atoms with E-state index in [0.29, 0.717) is 17.2 Å². The SMILES string of the molecule is Cn1ccnc1SCC(=O)N1CCC(Cc2ccc(C(=O)O)cc2)C1. The normalized spacial score (nSPS) is 17.0. The molecule has 1 atom stereocenters. The third-order valence-corrected chi connectivity index (χ3v) is 5.51. The molecule has 2 heterocycles. The molecule has 0 aliphatic carbocycles. The van der Waals surface area contributed by atoms with E-state index in [2.05, 4.69) is 4.98 Å². The fourth-order valence-electron chi connectivity index (χ4n) is 3.05. The molecule has 7 heteroatoms. The third-order valence-electron chi connectivity index (χ3n) is 4.47. The number of aromatic nitrogens is 2. The summed E-state index contributed by atoms with van der Waals surface area (Å²) in [4.78, 5) is 29.4. The topological polar surface area (TPSA) is 75.4 Å². The number of aryl methyl sites for hydroxylation is 1. The highest BCUT2D eigenvalue weighted by atomic mass is 32.2. The number of likely N-dealkylation sites (tertiary alicyclic amines) is 1. The molecule has 0 radical (unpaired) electrons. The number of carbonyl (C=O) groups excluding carboxylic acids is 1. The van der Waals surface area contributed by atoms with Crippen LogP contribution in [0, 0.1) is 5.92 Å². The first-order chi connectivity index (χ1) is 12.0. The van der Waals surface area contributed by atoms with Gasteiger partial charge in [-0.15, -0.1) is 0 Å². The van der Waals surface area contributed by atoms with Crippen LogP contribution in [0.25, 0.3) is 0 Å². The van der Waals surface area contributed by atoms with Crippen molar-refractivity contribution in [2.75, 3.05) is 18.8 Å². The largest absolute Gasteiger partial charge is 0.478 e. The lowest BCUT2D eigenvalue weighted by Crippen LogP contribution is -2.30. The van der Waals surface area contributed by atoms with Crippen molar-refractivity contribution in [3.05, 3.63) is 47.8 Å². The number of hydrogen-bond acceptors (Lipinski definition) is 4. The zero-order valence-corrected chi connectivity index (χ0v) is 14.9. The molecular formula is C18H21N3O3S. The first kappa shape index (κ1) is 17.5. The highest BCUT2D eigenvalue weighted by Crippen LogP contribution is 2.23. The van der Waals surface area contributed by atoms with Gasteiger partial charge in [0, 0.05) is 32.5 Å². The molecule has 1 aromatic heterocycles. The number of amides is 1. The van der Waals surface area contributed by atoms with Crippen LogP contribution in [0.4, 0.5) is 0 Å². The molecule has 1 aliphatic rings. The first-order valence-corrected chi connectivity index (χ1v) is 9.21. The maximum Gasteiger partial charge on any atom is 0.335 e. The van der Waals surface area contributed by atoms with Gasteiger partial charge < -0.3 is 14.6 Å². The Hall–Kier alpha value is -2.28. The number of rotatable bonds is 6. The molecule has 1 N–H and O–H groups in total. The van der Waals surface area contributed by atoms with Gasteiger partial charge in [-0.3, -0.25) is 4.79 Å². The van der Waals surface area contributed by atoms with Crippen LogP contribution in [-0.4, -0.2) is 50.3 Å². The minimum Gasteiger partial charge on any atom is -0.478 e. The van der Waals surface area contributed by atoms with Crippen LogP contribution in [0.3, 0.4) is 0 Å². The summed E-state index contributed by atoms with van der Waals surface area (Å²) >= 11 is 1.46. The molecule has 0 saturated carbocycles. The van der Waals surface area contributed by atoms with Gasteiger partial charge in [0.15, 0.2) is 5.16 Å². The third kappa shape index (κ3) is 4.42. The zero-order chi connectivity index (χ0) is 17.8. The number of carboxylic acids is 1. The molecule has 1 saturated heterocycles. The molecule has 2 aromatic rings. The fourth-order valence-corrected chi connectivity index (χ4v) is 3.89. The fraction of sp³-hybridized carbons (Fsp3) is 0.389. The Labute approximate surface area is 150 Å². The molecule has 6 nitrogen and oxygen atoms in total. The van der Waals surface area contributed by atoms with Crippen molar-refractivity contribution in [3.63, 3.8) is 0 Å². The van der Waals surface area contributed by atoms with E-state index in [1.807, 2.05) is 34.8 Å². The lowest BCUT2D eigenvalue weighted by atomic mass is 9.98. The smallest absolute Gasteiger partial charge is 0.335 e. The van der Waals surface area contributed by atoms with E-state index >= 15 is 0 Å². The van der Waals surface area contributed by atoms with Crippen molar-refractivity contribution < 1.29 is 14.7 Å². The first-order valence-electron chi connectivity index (χ1n) is 8.23. The molecular weight excluding hydrogens is 338 g/mol. The highest BCUT2D eigenvalue weighted by molar-refractivity contribution is 7.99. The summed E-state index contributed by atoms with van der Waals surface area (Å²) < 4.78 is 1.91. The van der Waals surface area contributed by atoms with Crippen LogP contribution in [-0.2, 0) is 18.3 Å². The quantitative estimate of drug-likeness (QED) is 0.801. The van der Waals surface area contributed by atoms with Gasteiger partial charge >= 0.3 is 5.97 Å². The van der Waals surface area contributed by atoms with E-state index in [9.17, 15) is 9.59 Å². The Morgan fingerprint density at radius 3 is 2.72 bits per heavy atom. The van der Waals surface area contributed by atoms with Gasteiger partial charge in [-0.05, 0) is 36.5 Å². The van der Waals surface area contributed by atoms with E-state index in [0.717, 1.165) is 36.7 Å². The Morgan fingerprint density at radius 1 is 1.32 bits per heavy atom. The predicted molar refractivity (Wildman–Crippen MR) is 95.7 cm³/mol. The Balaban J connectivity index is 1.48. The molecule has 1 fully saturated rings. The van der Waals surface area contributed by atoms with Crippen molar-refractivity contribution in [1.82, 2.24) is 14.5 Å².